The molecule has 0 saturated heterocycles. The molecule has 0 aromatic heterocycles. The molecule has 0 spiro atoms. The third kappa shape index (κ3) is 2.97. The van der Waals surface area contributed by atoms with E-state index in [4.69, 9.17) is 13.6 Å². The molecule has 2 radical (unpaired) electrons. The summed E-state index contributed by atoms with van der Waals surface area (Å²) in [6.45, 7) is 6.95. The van der Waals surface area contributed by atoms with Crippen LogP contribution in [-0.4, -0.2) is 7.85 Å². The van der Waals surface area contributed by atoms with Crippen molar-refractivity contribution < 1.29 is 0 Å². The molecule has 10 heavy (non-hydrogen) atoms. The van der Waals surface area contributed by atoms with Gasteiger partial charge in [0.15, 0.2) is 0 Å². The maximum absolute atomic E-state index is 5.46. The van der Waals surface area contributed by atoms with Gasteiger partial charge in [-0.2, -0.15) is 0 Å². The van der Waals surface area contributed by atoms with E-state index in [-0.39, 0.29) is 0 Å². The van der Waals surface area contributed by atoms with Crippen LogP contribution >= 0.6 is 0 Å². The molecule has 0 rings (SSSR count). The van der Waals surface area contributed by atoms with E-state index < -0.39 is 0 Å². The Morgan fingerprint density at radius 1 is 1.40 bits per heavy atom. The summed E-state index contributed by atoms with van der Waals surface area (Å²) < 4.78 is 0. The predicted molar refractivity (Wildman–Crippen MR) is 46.5 cm³/mol. The van der Waals surface area contributed by atoms with E-state index in [1.165, 1.54) is 6.08 Å². The first-order valence-electron chi connectivity index (χ1n) is 2.89. The average Bonchev–Trinajstić information content (AvgIpc) is 1.98. The monoisotopic (exact) mass is 131 g/mol. The van der Waals surface area contributed by atoms with Gasteiger partial charge >= 0.3 is 0 Å². The lowest BCUT2D eigenvalue weighted by Crippen LogP contribution is -1.97. The standard InChI is InChI=1S/C8H10BN/c1-3-5-6-8(10)7(9)4-2/h3-6H,1-2,10H2/b6-5-,8-7-. The summed E-state index contributed by atoms with van der Waals surface area (Å²) in [7, 11) is 5.41. The summed E-state index contributed by atoms with van der Waals surface area (Å²) >= 11 is 0. The highest BCUT2D eigenvalue weighted by Crippen LogP contribution is 1.95. The molecule has 0 amide bonds. The van der Waals surface area contributed by atoms with Crippen molar-refractivity contribution in [1.82, 2.24) is 0 Å². The fourth-order valence-corrected chi connectivity index (χ4v) is 0.386. The van der Waals surface area contributed by atoms with Crippen molar-refractivity contribution in [3.05, 3.63) is 48.6 Å². The van der Waals surface area contributed by atoms with E-state index in [2.05, 4.69) is 13.2 Å². The molecule has 2 heteroatoms. The SMILES string of the molecule is [B]/C(C=C)=C(N)/C=C\C=C. The Morgan fingerprint density at radius 2 is 2.00 bits per heavy atom. The van der Waals surface area contributed by atoms with Gasteiger partial charge in [0, 0.05) is 5.70 Å². The first-order chi connectivity index (χ1) is 4.72. The molecular weight excluding hydrogens is 121 g/mol. The summed E-state index contributed by atoms with van der Waals surface area (Å²) in [5.41, 5.74) is 6.46. The molecule has 0 bridgehead atoms. The molecule has 0 aromatic rings. The smallest absolute Gasteiger partial charge is 0.116 e. The zero-order valence-corrected chi connectivity index (χ0v) is 5.88. The first-order valence-corrected chi connectivity index (χ1v) is 2.89. The Kier molecular flexibility index (Phi) is 4.13. The highest BCUT2D eigenvalue weighted by atomic mass is 14.6. The number of nitrogens with two attached hydrogens (primary N) is 1. The summed E-state index contributed by atoms with van der Waals surface area (Å²) in [4.78, 5) is 0. The van der Waals surface area contributed by atoms with Gasteiger partial charge in [-0.25, -0.2) is 0 Å². The molecule has 0 unspecified atom stereocenters. The second-order valence-electron chi connectivity index (χ2n) is 1.71. The molecule has 1 nitrogen and oxygen atoms in total. The Hall–Kier alpha value is -1.18. The van der Waals surface area contributed by atoms with Gasteiger partial charge in [-0.15, -0.1) is 0 Å². The van der Waals surface area contributed by atoms with Crippen LogP contribution in [0.3, 0.4) is 0 Å². The van der Waals surface area contributed by atoms with Crippen LogP contribution in [0.1, 0.15) is 0 Å². The molecule has 50 valence electrons. The average molecular weight is 131 g/mol. The first kappa shape index (κ1) is 8.82. The van der Waals surface area contributed by atoms with Crippen LogP contribution in [-0.2, 0) is 0 Å². The Morgan fingerprint density at radius 3 is 2.40 bits per heavy atom. The molecule has 0 atom stereocenters. The van der Waals surface area contributed by atoms with Gasteiger partial charge in [-0.1, -0.05) is 36.9 Å². The maximum Gasteiger partial charge on any atom is 0.116 e. The number of hydrogen-bond donors (Lipinski definition) is 1. The van der Waals surface area contributed by atoms with Gasteiger partial charge in [0.25, 0.3) is 0 Å². The number of allylic oxidation sites excluding steroid dienone is 5. The highest BCUT2D eigenvalue weighted by Gasteiger charge is 1.84. The fraction of sp³-hybridized carbons (Fsp3) is 0. The predicted octanol–water partition coefficient (Wildman–Crippen LogP) is 1.25. The second kappa shape index (κ2) is 4.68. The van der Waals surface area contributed by atoms with Gasteiger partial charge in [0.2, 0.25) is 0 Å². The van der Waals surface area contributed by atoms with Crippen molar-refractivity contribution >= 4 is 7.85 Å². The minimum Gasteiger partial charge on any atom is -0.399 e. The second-order valence-corrected chi connectivity index (χ2v) is 1.71. The van der Waals surface area contributed by atoms with Crippen LogP contribution in [0.5, 0.6) is 0 Å². The molecule has 2 N–H and O–H groups in total. The normalized spacial score (nSPS) is 12.8. The zero-order valence-electron chi connectivity index (χ0n) is 5.88. The Balaban J connectivity index is 4.31. The quantitative estimate of drug-likeness (QED) is 0.452. The minimum atomic E-state index is 0.484. The third-order valence-electron chi connectivity index (χ3n) is 0.965. The van der Waals surface area contributed by atoms with Gasteiger partial charge in [-0.05, 0) is 6.08 Å². The van der Waals surface area contributed by atoms with E-state index in [1.54, 1.807) is 18.2 Å². The van der Waals surface area contributed by atoms with Crippen LogP contribution in [0, 0.1) is 0 Å². The highest BCUT2D eigenvalue weighted by molar-refractivity contribution is 6.23. The van der Waals surface area contributed by atoms with E-state index in [9.17, 15) is 0 Å². The van der Waals surface area contributed by atoms with Crippen molar-refractivity contribution in [3.8, 4) is 0 Å². The van der Waals surface area contributed by atoms with Crippen molar-refractivity contribution in [1.29, 1.82) is 0 Å². The number of rotatable bonds is 3. The summed E-state index contributed by atoms with van der Waals surface area (Å²) in [5, 5.41) is 0. The summed E-state index contributed by atoms with van der Waals surface area (Å²) in [6, 6.07) is 0. The van der Waals surface area contributed by atoms with Crippen LogP contribution in [0.15, 0.2) is 48.6 Å². The van der Waals surface area contributed by atoms with Gasteiger partial charge < -0.3 is 5.73 Å². The van der Waals surface area contributed by atoms with Crippen molar-refractivity contribution in [3.63, 3.8) is 0 Å². The molecule has 0 aliphatic heterocycles. The lowest BCUT2D eigenvalue weighted by atomic mass is 9.93. The van der Waals surface area contributed by atoms with Crippen LogP contribution in [0.4, 0.5) is 0 Å². The van der Waals surface area contributed by atoms with E-state index in [0.29, 0.717) is 11.2 Å². The van der Waals surface area contributed by atoms with Crippen molar-refractivity contribution in [2.75, 3.05) is 0 Å². The largest absolute Gasteiger partial charge is 0.399 e. The molecule has 0 heterocycles. The van der Waals surface area contributed by atoms with Crippen molar-refractivity contribution in [2.24, 2.45) is 5.73 Å². The lowest BCUT2D eigenvalue weighted by Gasteiger charge is -1.94. The summed E-state index contributed by atoms with van der Waals surface area (Å²) in [6.07, 6.45) is 6.52. The molecular formula is C8H10BN. The lowest BCUT2D eigenvalue weighted by molar-refractivity contribution is 1.41. The van der Waals surface area contributed by atoms with Gasteiger partial charge in [0.1, 0.15) is 7.85 Å². The topological polar surface area (TPSA) is 26.0 Å². The van der Waals surface area contributed by atoms with Crippen molar-refractivity contribution in [2.45, 2.75) is 0 Å². The molecule has 0 saturated carbocycles. The zero-order chi connectivity index (χ0) is 7.98. The molecule has 0 fully saturated rings. The van der Waals surface area contributed by atoms with Gasteiger partial charge in [0.05, 0.1) is 0 Å². The number of hydrogen-bond acceptors (Lipinski definition) is 1. The van der Waals surface area contributed by atoms with Gasteiger partial charge in [-0.3, -0.25) is 0 Å². The molecule has 0 aromatic carbocycles. The molecule has 0 aliphatic carbocycles. The minimum absolute atomic E-state index is 0.484. The fourth-order valence-electron chi connectivity index (χ4n) is 0.386. The van der Waals surface area contributed by atoms with E-state index in [1.807, 2.05) is 0 Å². The van der Waals surface area contributed by atoms with E-state index >= 15 is 0 Å². The Bertz CT molecular complexity index is 189. The molecule has 0 aliphatic rings. The van der Waals surface area contributed by atoms with Crippen LogP contribution < -0.4 is 5.73 Å². The van der Waals surface area contributed by atoms with Crippen LogP contribution in [0.2, 0.25) is 0 Å². The van der Waals surface area contributed by atoms with E-state index in [0.717, 1.165) is 0 Å². The Labute approximate surface area is 63.0 Å². The maximum atomic E-state index is 5.46. The third-order valence-corrected chi connectivity index (χ3v) is 0.965. The summed E-state index contributed by atoms with van der Waals surface area (Å²) in [5.74, 6) is 0. The van der Waals surface area contributed by atoms with Crippen LogP contribution in [0.25, 0.3) is 0 Å².